The van der Waals surface area contributed by atoms with Gasteiger partial charge in [-0.05, 0) is 38.2 Å². The molecule has 0 bridgehead atoms. The molecule has 4 rings (SSSR count). The molecule has 0 saturated carbocycles. The molecule has 1 aromatic heterocycles. The van der Waals surface area contributed by atoms with Crippen LogP contribution in [0.3, 0.4) is 0 Å². The van der Waals surface area contributed by atoms with Crippen LogP contribution in [0.1, 0.15) is 56.2 Å². The molecule has 1 saturated heterocycles. The third kappa shape index (κ3) is 5.85. The van der Waals surface area contributed by atoms with Crippen molar-refractivity contribution in [2.75, 3.05) is 20.1 Å². The minimum atomic E-state index is 0.428. The first kappa shape index (κ1) is 21.8. The molecule has 2 aliphatic heterocycles. The van der Waals surface area contributed by atoms with Gasteiger partial charge in [0.1, 0.15) is 11.6 Å². The van der Waals surface area contributed by atoms with Crippen molar-refractivity contribution in [2.24, 2.45) is 4.99 Å². The van der Waals surface area contributed by atoms with Crippen LogP contribution in [0.15, 0.2) is 35.3 Å². The standard InChI is InChI=1S/C24H37N7/c1-19-16-21(18-30(19)17-20-10-5-3-6-11-20)27-24(25-2)26-14-9-13-23-29-28-22-12-7-4-8-15-31(22)23/h3,5-6,10-11,19,21H,4,7-9,12-18H2,1-2H3,(H2,25,26,27). The lowest BCUT2D eigenvalue weighted by atomic mass is 10.2. The number of rotatable bonds is 7. The van der Waals surface area contributed by atoms with Crippen LogP contribution in [0.5, 0.6) is 0 Å². The van der Waals surface area contributed by atoms with E-state index in [0.717, 1.165) is 63.6 Å². The molecule has 7 heteroatoms. The number of guanidine groups is 1. The maximum Gasteiger partial charge on any atom is 0.191 e. The molecule has 3 heterocycles. The van der Waals surface area contributed by atoms with Gasteiger partial charge in [-0.2, -0.15) is 0 Å². The van der Waals surface area contributed by atoms with E-state index in [4.69, 9.17) is 0 Å². The van der Waals surface area contributed by atoms with Gasteiger partial charge in [0.25, 0.3) is 0 Å². The molecule has 0 spiro atoms. The molecule has 0 aliphatic carbocycles. The third-order valence-electron chi connectivity index (χ3n) is 6.55. The second kappa shape index (κ2) is 10.8. The van der Waals surface area contributed by atoms with Crippen molar-refractivity contribution in [1.29, 1.82) is 0 Å². The van der Waals surface area contributed by atoms with Gasteiger partial charge in [-0.25, -0.2) is 0 Å². The van der Waals surface area contributed by atoms with Gasteiger partial charge in [0.2, 0.25) is 0 Å². The lowest BCUT2D eigenvalue weighted by Gasteiger charge is -2.21. The molecular formula is C24H37N7. The third-order valence-corrected chi connectivity index (χ3v) is 6.55. The molecule has 0 amide bonds. The van der Waals surface area contributed by atoms with Crippen LogP contribution in [0.25, 0.3) is 0 Å². The van der Waals surface area contributed by atoms with Crippen LogP contribution < -0.4 is 10.6 Å². The maximum atomic E-state index is 4.45. The van der Waals surface area contributed by atoms with Crippen LogP contribution in [0, 0.1) is 0 Å². The first-order chi connectivity index (χ1) is 15.2. The van der Waals surface area contributed by atoms with E-state index in [0.29, 0.717) is 12.1 Å². The fraction of sp³-hybridized carbons (Fsp3) is 0.625. The SMILES string of the molecule is CN=C(NCCCc1nnc2n1CCCCC2)NC1CC(C)N(Cc2ccccc2)C1. The summed E-state index contributed by atoms with van der Waals surface area (Å²) in [6.07, 6.45) is 7.98. The number of likely N-dealkylation sites (tertiary alicyclic amines) is 1. The highest BCUT2D eigenvalue weighted by Gasteiger charge is 2.29. The van der Waals surface area contributed by atoms with Gasteiger partial charge in [0, 0.05) is 58.2 Å². The number of aliphatic imine (C=N–C) groups is 1. The van der Waals surface area contributed by atoms with Crippen LogP contribution >= 0.6 is 0 Å². The van der Waals surface area contributed by atoms with Crippen molar-refractivity contribution in [3.63, 3.8) is 0 Å². The van der Waals surface area contributed by atoms with Crippen LogP contribution in [-0.4, -0.2) is 57.8 Å². The normalized spacial score (nSPS) is 22.2. The molecule has 2 unspecified atom stereocenters. The number of nitrogens with zero attached hydrogens (tertiary/aromatic N) is 5. The van der Waals surface area contributed by atoms with Gasteiger partial charge in [-0.15, -0.1) is 10.2 Å². The van der Waals surface area contributed by atoms with E-state index in [1.54, 1.807) is 0 Å². The molecule has 7 nitrogen and oxygen atoms in total. The van der Waals surface area contributed by atoms with Gasteiger partial charge < -0.3 is 15.2 Å². The van der Waals surface area contributed by atoms with E-state index in [9.17, 15) is 0 Å². The average molecular weight is 424 g/mol. The van der Waals surface area contributed by atoms with Crippen LogP contribution in [0.4, 0.5) is 0 Å². The van der Waals surface area contributed by atoms with E-state index in [-0.39, 0.29) is 0 Å². The van der Waals surface area contributed by atoms with Gasteiger partial charge in [-0.1, -0.05) is 36.8 Å². The van der Waals surface area contributed by atoms with Crippen LogP contribution in [-0.2, 0) is 25.9 Å². The first-order valence-corrected chi connectivity index (χ1v) is 11.9. The highest BCUT2D eigenvalue weighted by Crippen LogP contribution is 2.20. The Bertz CT molecular complexity index is 845. The largest absolute Gasteiger partial charge is 0.356 e. The summed E-state index contributed by atoms with van der Waals surface area (Å²) in [5.74, 6) is 3.22. The summed E-state index contributed by atoms with van der Waals surface area (Å²) >= 11 is 0. The number of hydrogen-bond acceptors (Lipinski definition) is 4. The Labute approximate surface area is 186 Å². The van der Waals surface area contributed by atoms with Gasteiger partial charge in [-0.3, -0.25) is 9.89 Å². The predicted molar refractivity (Wildman–Crippen MR) is 125 cm³/mol. The Balaban J connectivity index is 1.20. The number of fused-ring (bicyclic) bond motifs is 1. The quantitative estimate of drug-likeness (QED) is 0.407. The fourth-order valence-corrected chi connectivity index (χ4v) is 4.81. The van der Waals surface area contributed by atoms with E-state index in [1.807, 2.05) is 7.05 Å². The minimum absolute atomic E-state index is 0.428. The number of nitrogens with one attached hydrogen (secondary N) is 2. The average Bonchev–Trinajstić information content (AvgIpc) is 3.23. The summed E-state index contributed by atoms with van der Waals surface area (Å²) < 4.78 is 2.35. The molecule has 0 radical (unpaired) electrons. The molecule has 168 valence electrons. The van der Waals surface area contributed by atoms with Crippen molar-refractivity contribution in [1.82, 2.24) is 30.3 Å². The Morgan fingerprint density at radius 2 is 2.03 bits per heavy atom. The zero-order valence-corrected chi connectivity index (χ0v) is 19.1. The van der Waals surface area contributed by atoms with Crippen LogP contribution in [0.2, 0.25) is 0 Å². The van der Waals surface area contributed by atoms with Gasteiger partial charge >= 0.3 is 0 Å². The minimum Gasteiger partial charge on any atom is -0.356 e. The fourth-order valence-electron chi connectivity index (χ4n) is 4.81. The van der Waals surface area contributed by atoms with Crippen molar-refractivity contribution in [3.8, 4) is 0 Å². The zero-order chi connectivity index (χ0) is 21.5. The number of aromatic nitrogens is 3. The van der Waals surface area contributed by atoms with Gasteiger partial charge in [0.15, 0.2) is 5.96 Å². The molecule has 2 aliphatic rings. The van der Waals surface area contributed by atoms with Crippen molar-refractivity contribution >= 4 is 5.96 Å². The smallest absolute Gasteiger partial charge is 0.191 e. The van der Waals surface area contributed by atoms with Crippen molar-refractivity contribution in [2.45, 2.75) is 77.0 Å². The number of aryl methyl sites for hydroxylation is 2. The summed E-state index contributed by atoms with van der Waals surface area (Å²) in [5.41, 5.74) is 1.38. The van der Waals surface area contributed by atoms with E-state index in [1.165, 1.54) is 30.7 Å². The van der Waals surface area contributed by atoms with Gasteiger partial charge in [0.05, 0.1) is 0 Å². The summed E-state index contributed by atoms with van der Waals surface area (Å²) in [4.78, 5) is 7.00. The Morgan fingerprint density at radius 3 is 2.87 bits per heavy atom. The second-order valence-electron chi connectivity index (χ2n) is 8.94. The predicted octanol–water partition coefficient (Wildman–Crippen LogP) is 2.77. The molecular weight excluding hydrogens is 386 g/mol. The molecule has 1 aromatic carbocycles. The summed E-state index contributed by atoms with van der Waals surface area (Å²) in [6.45, 7) is 6.34. The summed E-state index contributed by atoms with van der Waals surface area (Å²) in [6, 6.07) is 11.7. The Hall–Kier alpha value is -2.41. The maximum absolute atomic E-state index is 4.45. The second-order valence-corrected chi connectivity index (χ2v) is 8.94. The highest BCUT2D eigenvalue weighted by molar-refractivity contribution is 5.80. The Kier molecular flexibility index (Phi) is 7.57. The van der Waals surface area contributed by atoms with E-state index >= 15 is 0 Å². The van der Waals surface area contributed by atoms with Crippen molar-refractivity contribution in [3.05, 3.63) is 47.5 Å². The molecule has 31 heavy (non-hydrogen) atoms. The summed E-state index contributed by atoms with van der Waals surface area (Å²) in [7, 11) is 1.86. The molecule has 2 aromatic rings. The Morgan fingerprint density at radius 1 is 1.16 bits per heavy atom. The lowest BCUT2D eigenvalue weighted by Crippen LogP contribution is -2.44. The zero-order valence-electron chi connectivity index (χ0n) is 19.1. The van der Waals surface area contributed by atoms with E-state index in [2.05, 4.69) is 72.5 Å². The monoisotopic (exact) mass is 423 g/mol. The summed E-state index contributed by atoms with van der Waals surface area (Å²) in [5, 5.41) is 16.0. The van der Waals surface area contributed by atoms with E-state index < -0.39 is 0 Å². The molecule has 2 atom stereocenters. The number of benzene rings is 1. The number of hydrogen-bond donors (Lipinski definition) is 2. The first-order valence-electron chi connectivity index (χ1n) is 11.9. The lowest BCUT2D eigenvalue weighted by molar-refractivity contribution is 0.258. The molecule has 2 N–H and O–H groups in total. The highest BCUT2D eigenvalue weighted by atomic mass is 15.3. The molecule has 1 fully saturated rings. The van der Waals surface area contributed by atoms with Crippen molar-refractivity contribution < 1.29 is 0 Å². The topological polar surface area (TPSA) is 70.4 Å².